The Kier molecular flexibility index (Phi) is 7.39. The second kappa shape index (κ2) is 9.76. The molecule has 150 valence electrons. The molecule has 1 N–H and O–H groups in total. The Balaban J connectivity index is 1.62. The molecule has 6 heteroatoms. The number of nitrogens with zero attached hydrogens (tertiary/aromatic N) is 4. The Morgan fingerprint density at radius 1 is 1.19 bits per heavy atom. The molecular formula is C21H34ClN5. The lowest BCUT2D eigenvalue weighted by Crippen LogP contribution is -2.31. The number of benzene rings is 1. The van der Waals surface area contributed by atoms with Gasteiger partial charge in [-0.3, -0.25) is 4.68 Å². The zero-order valence-electron chi connectivity index (χ0n) is 17.0. The fourth-order valence-electron chi connectivity index (χ4n) is 3.71. The predicted molar refractivity (Wildman–Crippen MR) is 116 cm³/mol. The number of aryl methyl sites for hydroxylation is 1. The average molecular weight is 392 g/mol. The first-order valence-corrected chi connectivity index (χ1v) is 10.7. The van der Waals surface area contributed by atoms with Gasteiger partial charge in [0.1, 0.15) is 0 Å². The molecule has 2 aromatic rings. The minimum absolute atomic E-state index is 0.525. The molecule has 0 radical (unpaired) electrons. The maximum atomic E-state index is 6.25. The van der Waals surface area contributed by atoms with E-state index in [1.807, 2.05) is 12.1 Å². The van der Waals surface area contributed by atoms with Gasteiger partial charge in [-0.2, -0.15) is 5.10 Å². The van der Waals surface area contributed by atoms with Crippen molar-refractivity contribution in [3.8, 4) is 0 Å². The van der Waals surface area contributed by atoms with Crippen molar-refractivity contribution in [2.75, 3.05) is 45.6 Å². The average Bonchev–Trinajstić information content (AvgIpc) is 3.01. The van der Waals surface area contributed by atoms with Gasteiger partial charge in [-0.15, -0.1) is 0 Å². The molecule has 0 bridgehead atoms. The SMILES string of the molecule is CC(CCn1nc(NCCCN2CCCCC2)c2cc(Cl)ccc21)N(C)C. The zero-order valence-corrected chi connectivity index (χ0v) is 17.8. The lowest BCUT2D eigenvalue weighted by atomic mass is 10.1. The number of hydrogen-bond acceptors (Lipinski definition) is 4. The van der Waals surface area contributed by atoms with Crippen molar-refractivity contribution >= 4 is 28.3 Å². The monoisotopic (exact) mass is 391 g/mol. The second-order valence-electron chi connectivity index (χ2n) is 8.02. The molecule has 27 heavy (non-hydrogen) atoms. The number of piperidine rings is 1. The summed E-state index contributed by atoms with van der Waals surface area (Å²) in [6.45, 7) is 7.81. The summed E-state index contributed by atoms with van der Waals surface area (Å²) in [7, 11) is 4.25. The van der Waals surface area contributed by atoms with E-state index >= 15 is 0 Å². The van der Waals surface area contributed by atoms with Gasteiger partial charge in [-0.25, -0.2) is 0 Å². The van der Waals surface area contributed by atoms with Gasteiger partial charge in [0.05, 0.1) is 5.52 Å². The van der Waals surface area contributed by atoms with E-state index in [1.165, 1.54) is 38.9 Å². The summed E-state index contributed by atoms with van der Waals surface area (Å²) in [5.74, 6) is 0.962. The quantitative estimate of drug-likeness (QED) is 0.646. The molecule has 2 heterocycles. The highest BCUT2D eigenvalue weighted by atomic mass is 35.5. The topological polar surface area (TPSA) is 36.3 Å². The fraction of sp³-hybridized carbons (Fsp3) is 0.667. The van der Waals surface area contributed by atoms with Crippen LogP contribution in [0.15, 0.2) is 18.2 Å². The summed E-state index contributed by atoms with van der Waals surface area (Å²) >= 11 is 6.25. The standard InChI is InChI=1S/C21H34ClN5/c1-17(25(2)3)10-15-27-20-9-8-18(22)16-19(20)21(24-27)23-11-7-14-26-12-5-4-6-13-26/h8-9,16-17H,4-7,10-15H2,1-3H3,(H,23,24). The third-order valence-electron chi connectivity index (χ3n) is 5.74. The highest BCUT2D eigenvalue weighted by molar-refractivity contribution is 6.31. The molecule has 5 nitrogen and oxygen atoms in total. The molecule has 0 aliphatic carbocycles. The van der Waals surface area contributed by atoms with Crippen molar-refractivity contribution in [2.45, 2.75) is 51.6 Å². The van der Waals surface area contributed by atoms with Crippen molar-refractivity contribution in [1.82, 2.24) is 19.6 Å². The zero-order chi connectivity index (χ0) is 19.2. The van der Waals surface area contributed by atoms with Crippen LogP contribution in [0.2, 0.25) is 5.02 Å². The van der Waals surface area contributed by atoms with Crippen LogP contribution in [0.5, 0.6) is 0 Å². The summed E-state index contributed by atoms with van der Waals surface area (Å²) in [4.78, 5) is 4.84. The van der Waals surface area contributed by atoms with Crippen LogP contribution in [0.4, 0.5) is 5.82 Å². The molecule has 1 atom stereocenters. The van der Waals surface area contributed by atoms with Crippen LogP contribution in [0.3, 0.4) is 0 Å². The minimum Gasteiger partial charge on any atom is -0.368 e. The van der Waals surface area contributed by atoms with E-state index in [1.54, 1.807) is 0 Å². The van der Waals surface area contributed by atoms with E-state index < -0.39 is 0 Å². The number of nitrogens with one attached hydrogen (secondary N) is 1. The molecule has 0 spiro atoms. The Morgan fingerprint density at radius 2 is 1.96 bits per heavy atom. The first kappa shape index (κ1) is 20.4. The Labute approximate surface area is 168 Å². The summed E-state index contributed by atoms with van der Waals surface area (Å²) in [5.41, 5.74) is 1.16. The molecule has 1 aromatic carbocycles. The summed E-state index contributed by atoms with van der Waals surface area (Å²) < 4.78 is 2.12. The van der Waals surface area contributed by atoms with Crippen LogP contribution >= 0.6 is 11.6 Å². The minimum atomic E-state index is 0.525. The van der Waals surface area contributed by atoms with E-state index in [9.17, 15) is 0 Å². The van der Waals surface area contributed by atoms with Gasteiger partial charge in [-0.1, -0.05) is 18.0 Å². The number of anilines is 1. The number of rotatable bonds is 9. The lowest BCUT2D eigenvalue weighted by molar-refractivity contribution is 0.228. The van der Waals surface area contributed by atoms with Crippen LogP contribution in [0.25, 0.3) is 10.9 Å². The Hall–Kier alpha value is -1.30. The Bertz CT molecular complexity index is 721. The molecule has 1 aromatic heterocycles. The van der Waals surface area contributed by atoms with Gasteiger partial charge in [0.25, 0.3) is 0 Å². The van der Waals surface area contributed by atoms with Crippen molar-refractivity contribution in [1.29, 1.82) is 0 Å². The number of hydrogen-bond donors (Lipinski definition) is 1. The van der Waals surface area contributed by atoms with E-state index in [0.29, 0.717) is 6.04 Å². The van der Waals surface area contributed by atoms with Gasteiger partial charge in [0.2, 0.25) is 0 Å². The van der Waals surface area contributed by atoms with Crippen molar-refractivity contribution < 1.29 is 0 Å². The third-order valence-corrected chi connectivity index (χ3v) is 5.98. The Morgan fingerprint density at radius 3 is 2.70 bits per heavy atom. The normalized spacial score (nSPS) is 16.9. The second-order valence-corrected chi connectivity index (χ2v) is 8.45. The molecule has 1 fully saturated rings. The summed E-state index contributed by atoms with van der Waals surface area (Å²) in [5, 5.41) is 10.3. The van der Waals surface area contributed by atoms with Crippen LogP contribution in [0.1, 0.15) is 39.0 Å². The van der Waals surface area contributed by atoms with Crippen molar-refractivity contribution in [3.63, 3.8) is 0 Å². The summed E-state index contributed by atoms with van der Waals surface area (Å²) in [6, 6.07) is 6.60. The molecule has 1 unspecified atom stereocenters. The maximum Gasteiger partial charge on any atom is 0.156 e. The first-order chi connectivity index (χ1) is 13.0. The molecule has 1 aliphatic rings. The smallest absolute Gasteiger partial charge is 0.156 e. The fourth-order valence-corrected chi connectivity index (χ4v) is 3.88. The van der Waals surface area contributed by atoms with Crippen LogP contribution in [-0.4, -0.2) is 65.9 Å². The molecule has 3 rings (SSSR count). The van der Waals surface area contributed by atoms with E-state index in [4.69, 9.17) is 16.7 Å². The van der Waals surface area contributed by atoms with Gasteiger partial charge >= 0.3 is 0 Å². The molecular weight excluding hydrogens is 358 g/mol. The predicted octanol–water partition coefficient (Wildman–Crippen LogP) is 4.32. The number of aromatic nitrogens is 2. The third kappa shape index (κ3) is 5.59. The molecule has 0 amide bonds. The van der Waals surface area contributed by atoms with Crippen LogP contribution in [-0.2, 0) is 6.54 Å². The van der Waals surface area contributed by atoms with Crippen LogP contribution in [0, 0.1) is 0 Å². The number of likely N-dealkylation sites (tertiary alicyclic amines) is 1. The summed E-state index contributed by atoms with van der Waals surface area (Å²) in [6.07, 6.45) is 6.32. The van der Waals surface area contributed by atoms with Gasteiger partial charge in [-0.05, 0) is 84.5 Å². The molecule has 0 saturated carbocycles. The molecule has 1 saturated heterocycles. The van der Waals surface area contributed by atoms with Crippen molar-refractivity contribution in [2.24, 2.45) is 0 Å². The van der Waals surface area contributed by atoms with Crippen molar-refractivity contribution in [3.05, 3.63) is 23.2 Å². The highest BCUT2D eigenvalue weighted by Gasteiger charge is 2.13. The van der Waals surface area contributed by atoms with E-state index in [2.05, 4.69) is 46.9 Å². The first-order valence-electron chi connectivity index (χ1n) is 10.3. The van der Waals surface area contributed by atoms with Crippen LogP contribution < -0.4 is 5.32 Å². The van der Waals surface area contributed by atoms with E-state index in [-0.39, 0.29) is 0 Å². The van der Waals surface area contributed by atoms with Gasteiger partial charge in [0, 0.05) is 29.5 Å². The van der Waals surface area contributed by atoms with E-state index in [0.717, 1.165) is 47.7 Å². The van der Waals surface area contributed by atoms with Gasteiger partial charge < -0.3 is 15.1 Å². The molecule has 1 aliphatic heterocycles. The maximum absolute atomic E-state index is 6.25. The number of halogens is 1. The lowest BCUT2D eigenvalue weighted by Gasteiger charge is -2.26. The largest absolute Gasteiger partial charge is 0.368 e. The van der Waals surface area contributed by atoms with Gasteiger partial charge in [0.15, 0.2) is 5.82 Å². The number of fused-ring (bicyclic) bond motifs is 1. The highest BCUT2D eigenvalue weighted by Crippen LogP contribution is 2.26.